The van der Waals surface area contributed by atoms with Gasteiger partial charge in [0.2, 0.25) is 0 Å². The molecular formula is C48H50O12. The van der Waals surface area contributed by atoms with Gasteiger partial charge in [-0.1, -0.05) is 24.3 Å². The van der Waals surface area contributed by atoms with Gasteiger partial charge in [0.25, 0.3) is 0 Å². The molecule has 0 aromatic heterocycles. The lowest BCUT2D eigenvalue weighted by molar-refractivity contribution is 0.100. The van der Waals surface area contributed by atoms with Crippen LogP contribution in [0.2, 0.25) is 0 Å². The summed E-state index contributed by atoms with van der Waals surface area (Å²) in [4.78, 5) is 51.6. The van der Waals surface area contributed by atoms with Gasteiger partial charge in [0.05, 0.1) is 48.7 Å². The first-order chi connectivity index (χ1) is 28.6. The van der Waals surface area contributed by atoms with Gasteiger partial charge in [0.15, 0.2) is 23.1 Å². The molecule has 0 amide bonds. The van der Waals surface area contributed by atoms with Crippen LogP contribution in [0.4, 0.5) is 0 Å². The van der Waals surface area contributed by atoms with E-state index in [0.29, 0.717) is 55.6 Å². The van der Waals surface area contributed by atoms with E-state index in [1.165, 1.54) is 56.1 Å². The number of hydrogen-bond acceptors (Lipinski definition) is 12. The lowest BCUT2D eigenvalue weighted by atomic mass is 9.79. The van der Waals surface area contributed by atoms with Crippen LogP contribution in [-0.4, -0.2) is 72.0 Å². The maximum atomic E-state index is 12.9. The van der Waals surface area contributed by atoms with E-state index in [0.717, 1.165) is 0 Å². The molecule has 314 valence electrons. The van der Waals surface area contributed by atoms with Gasteiger partial charge in [-0.3, -0.25) is 19.2 Å². The molecule has 0 unspecified atom stereocenters. The fourth-order valence-electron chi connectivity index (χ4n) is 7.71. The smallest absolute Gasteiger partial charge is 0.163 e. The van der Waals surface area contributed by atoms with Gasteiger partial charge in [-0.2, -0.15) is 0 Å². The number of carbonyl (C=O) groups excluding carboxylic acids is 4. The molecule has 12 nitrogen and oxygen atoms in total. The van der Waals surface area contributed by atoms with Crippen LogP contribution >= 0.6 is 0 Å². The standard InChI is InChI=1S/C48H50O12/c1-25(49)39-17-31(13-35(21-57-5)45(39)53)43(32-14-36(22-58-6)46(54)40(18-32)26(2)50)29-9-11-30(12-10-29)44(33-15-37(23-59-7)47(55)41(19-33)27(3)51)34-16-38(24-60-8)48(56)42(20-34)28(4)52/h9-20,43-44,53-56H,21-24H2,1-8H3. The second-order valence-corrected chi connectivity index (χ2v) is 14.8. The molecule has 0 saturated carbocycles. The number of methoxy groups -OCH3 is 4. The Bertz CT molecular complexity index is 2130. The van der Waals surface area contributed by atoms with E-state index in [2.05, 4.69) is 0 Å². The van der Waals surface area contributed by atoms with Crippen LogP contribution in [0.3, 0.4) is 0 Å². The highest BCUT2D eigenvalue weighted by molar-refractivity contribution is 5.99. The van der Waals surface area contributed by atoms with Crippen molar-refractivity contribution >= 4 is 23.1 Å². The molecular weight excluding hydrogens is 769 g/mol. The molecule has 0 saturated heterocycles. The Morgan fingerprint density at radius 1 is 0.383 bits per heavy atom. The van der Waals surface area contributed by atoms with E-state index in [1.54, 1.807) is 48.5 Å². The molecule has 4 N–H and O–H groups in total. The Labute approximate surface area is 349 Å². The monoisotopic (exact) mass is 818 g/mol. The van der Waals surface area contributed by atoms with Crippen molar-refractivity contribution in [3.8, 4) is 23.0 Å². The quantitative estimate of drug-likeness (QED) is 0.0491. The van der Waals surface area contributed by atoms with Crippen molar-refractivity contribution in [2.24, 2.45) is 0 Å². The van der Waals surface area contributed by atoms with Crippen molar-refractivity contribution in [1.82, 2.24) is 0 Å². The van der Waals surface area contributed by atoms with Crippen LogP contribution < -0.4 is 0 Å². The van der Waals surface area contributed by atoms with Gasteiger partial charge < -0.3 is 39.4 Å². The predicted octanol–water partition coefficient (Wildman–Crippen LogP) is 8.27. The number of aromatic hydroxyl groups is 4. The summed E-state index contributed by atoms with van der Waals surface area (Å²) in [6.45, 7) is 5.38. The predicted molar refractivity (Wildman–Crippen MR) is 224 cm³/mol. The van der Waals surface area contributed by atoms with Crippen LogP contribution in [-0.2, 0) is 45.4 Å². The summed E-state index contributed by atoms with van der Waals surface area (Å²) in [7, 11) is 5.89. The summed E-state index contributed by atoms with van der Waals surface area (Å²) < 4.78 is 21.5. The van der Waals surface area contributed by atoms with E-state index in [-0.39, 0.29) is 94.8 Å². The van der Waals surface area contributed by atoms with E-state index in [1.807, 2.05) is 24.3 Å². The molecule has 0 heterocycles. The zero-order chi connectivity index (χ0) is 44.0. The summed E-state index contributed by atoms with van der Waals surface area (Å²) in [5.74, 6) is -3.71. The van der Waals surface area contributed by atoms with Crippen molar-refractivity contribution < 1.29 is 58.6 Å². The number of Topliss-reactive ketones (excluding diaryl/α,β-unsaturated/α-hetero) is 4. The number of ether oxygens (including phenoxy) is 4. The Morgan fingerprint density at radius 3 is 0.750 bits per heavy atom. The highest BCUT2D eigenvalue weighted by Crippen LogP contribution is 2.43. The summed E-state index contributed by atoms with van der Waals surface area (Å²) in [5, 5.41) is 44.3. The summed E-state index contributed by atoms with van der Waals surface area (Å²) >= 11 is 0. The summed E-state index contributed by atoms with van der Waals surface area (Å²) in [6.07, 6.45) is 0. The first-order valence-corrected chi connectivity index (χ1v) is 19.1. The van der Waals surface area contributed by atoms with E-state index in [4.69, 9.17) is 18.9 Å². The number of hydrogen-bond donors (Lipinski definition) is 4. The van der Waals surface area contributed by atoms with E-state index in [9.17, 15) is 39.6 Å². The van der Waals surface area contributed by atoms with Crippen molar-refractivity contribution in [2.75, 3.05) is 28.4 Å². The minimum atomic E-state index is -0.682. The number of carbonyl (C=O) groups is 4. The Balaban J connectivity index is 1.85. The minimum absolute atomic E-state index is 0.00360. The SMILES string of the molecule is COCc1cc(C(c2ccc(C(c3cc(COC)c(O)c(C(C)=O)c3)c3cc(COC)c(O)c(C(C)=O)c3)cc2)c2cc(COC)c(O)c(C(C)=O)c2)cc(C(C)=O)c1O. The lowest BCUT2D eigenvalue weighted by Crippen LogP contribution is -2.11. The topological polar surface area (TPSA) is 186 Å². The minimum Gasteiger partial charge on any atom is -0.507 e. The third kappa shape index (κ3) is 9.32. The van der Waals surface area contributed by atoms with Gasteiger partial charge in [0.1, 0.15) is 23.0 Å². The van der Waals surface area contributed by atoms with Gasteiger partial charge in [-0.15, -0.1) is 0 Å². The molecule has 0 spiro atoms. The number of ketones is 4. The maximum absolute atomic E-state index is 12.9. The van der Waals surface area contributed by atoms with Gasteiger partial charge in [0, 0.05) is 62.5 Å². The number of phenols is 4. The van der Waals surface area contributed by atoms with Crippen molar-refractivity contribution in [3.63, 3.8) is 0 Å². The largest absolute Gasteiger partial charge is 0.507 e. The third-order valence-corrected chi connectivity index (χ3v) is 10.5. The van der Waals surface area contributed by atoms with E-state index >= 15 is 0 Å². The molecule has 60 heavy (non-hydrogen) atoms. The summed E-state index contributed by atoms with van der Waals surface area (Å²) in [6, 6.07) is 20.8. The van der Waals surface area contributed by atoms with Crippen LogP contribution in [0.25, 0.3) is 0 Å². The molecule has 0 aliphatic heterocycles. The highest BCUT2D eigenvalue weighted by Gasteiger charge is 2.28. The van der Waals surface area contributed by atoms with Crippen molar-refractivity contribution in [2.45, 2.75) is 66.0 Å². The second-order valence-electron chi connectivity index (χ2n) is 14.8. The van der Waals surface area contributed by atoms with Crippen LogP contribution in [0.5, 0.6) is 23.0 Å². The zero-order valence-corrected chi connectivity index (χ0v) is 35.0. The molecule has 0 fully saturated rings. The Morgan fingerprint density at radius 2 is 0.583 bits per heavy atom. The number of phenolic OH excluding ortho intramolecular Hbond substituents is 4. The molecule has 5 aromatic carbocycles. The molecule has 0 atom stereocenters. The van der Waals surface area contributed by atoms with Crippen molar-refractivity contribution in [1.29, 1.82) is 0 Å². The normalized spacial score (nSPS) is 11.4. The van der Waals surface area contributed by atoms with Gasteiger partial charge in [-0.25, -0.2) is 0 Å². The molecule has 0 bridgehead atoms. The average molecular weight is 819 g/mol. The average Bonchev–Trinajstić information content (AvgIpc) is 3.19. The van der Waals surface area contributed by atoms with Crippen LogP contribution in [0.1, 0.15) is 137 Å². The maximum Gasteiger partial charge on any atom is 0.163 e. The fourth-order valence-corrected chi connectivity index (χ4v) is 7.71. The summed E-state index contributed by atoms with van der Waals surface area (Å²) in [5.41, 5.74) is 5.48. The molecule has 5 aromatic rings. The Hall–Kier alpha value is -6.18. The van der Waals surface area contributed by atoms with E-state index < -0.39 is 11.8 Å². The van der Waals surface area contributed by atoms with Crippen LogP contribution in [0.15, 0.2) is 72.8 Å². The lowest BCUT2D eigenvalue weighted by Gasteiger charge is -2.25. The second kappa shape index (κ2) is 19.3. The fraction of sp³-hybridized carbons (Fsp3) is 0.292. The Kier molecular flexibility index (Phi) is 14.4. The molecule has 0 radical (unpaired) electrons. The van der Waals surface area contributed by atoms with Gasteiger partial charge in [-0.05, 0) is 110 Å². The third-order valence-electron chi connectivity index (χ3n) is 10.5. The first-order valence-electron chi connectivity index (χ1n) is 19.1. The number of rotatable bonds is 18. The number of benzene rings is 5. The zero-order valence-electron chi connectivity index (χ0n) is 35.0. The molecule has 12 heteroatoms. The molecule has 0 aliphatic rings. The van der Waals surface area contributed by atoms with Gasteiger partial charge >= 0.3 is 0 Å². The molecule has 0 aliphatic carbocycles. The molecule has 5 rings (SSSR count). The van der Waals surface area contributed by atoms with Crippen LogP contribution in [0, 0.1) is 0 Å². The highest BCUT2D eigenvalue weighted by atomic mass is 16.5. The first kappa shape index (κ1) is 44.9. The van der Waals surface area contributed by atoms with Crippen molar-refractivity contribution in [3.05, 3.63) is 151 Å².